The topological polar surface area (TPSA) is 12.0 Å². The van der Waals surface area contributed by atoms with Crippen LogP contribution < -0.4 is 5.32 Å². The molecule has 1 nitrogen and oxygen atoms in total. The molecule has 0 spiro atoms. The minimum atomic E-state index is -0.941. The van der Waals surface area contributed by atoms with Gasteiger partial charge in [0, 0.05) is 5.56 Å². The van der Waals surface area contributed by atoms with Gasteiger partial charge >= 0.3 is 0 Å². The van der Waals surface area contributed by atoms with Crippen molar-refractivity contribution >= 4 is 0 Å². The molecule has 0 aliphatic carbocycles. The fourth-order valence-corrected chi connectivity index (χ4v) is 1.90. The highest BCUT2D eigenvalue weighted by molar-refractivity contribution is 5.33. The minimum absolute atomic E-state index is 0.387. The third-order valence-electron chi connectivity index (χ3n) is 2.78. The van der Waals surface area contributed by atoms with Crippen LogP contribution in [0.1, 0.15) is 17.2 Å². The lowest BCUT2D eigenvalue weighted by molar-refractivity contribution is 0.503. The smallest absolute Gasteiger partial charge is 0.159 e. The normalized spacial score (nSPS) is 12.4. The van der Waals surface area contributed by atoms with Gasteiger partial charge in [0.1, 0.15) is 5.82 Å². The predicted octanol–water partition coefficient (Wildman–Crippen LogP) is 3.41. The zero-order valence-electron chi connectivity index (χ0n) is 9.75. The Hall–Kier alpha value is -1.81. The summed E-state index contributed by atoms with van der Waals surface area (Å²) in [5.74, 6) is -2.24. The average Bonchev–Trinajstić information content (AvgIpc) is 2.37. The molecule has 0 saturated carbocycles. The molecule has 0 aliphatic heterocycles. The van der Waals surface area contributed by atoms with Crippen molar-refractivity contribution in [2.45, 2.75) is 6.04 Å². The molecule has 0 radical (unpaired) electrons. The lowest BCUT2D eigenvalue weighted by Gasteiger charge is -2.18. The zero-order chi connectivity index (χ0) is 13.1. The Bertz CT molecular complexity index is 554. The summed E-state index contributed by atoms with van der Waals surface area (Å²) < 4.78 is 39.8. The van der Waals surface area contributed by atoms with Crippen molar-refractivity contribution in [3.63, 3.8) is 0 Å². The van der Waals surface area contributed by atoms with Crippen LogP contribution in [0.3, 0.4) is 0 Å². The van der Waals surface area contributed by atoms with E-state index in [2.05, 4.69) is 5.32 Å². The standard InChI is InChI=1S/C14H12F3N/c1-18-14(10-4-2-3-5-11(10)15)9-6-7-12(16)13(17)8-9/h2-8,14,18H,1H3. The molecule has 1 unspecified atom stereocenters. The molecule has 1 atom stereocenters. The minimum Gasteiger partial charge on any atom is -0.309 e. The predicted molar refractivity (Wildman–Crippen MR) is 63.7 cm³/mol. The van der Waals surface area contributed by atoms with Crippen LogP contribution in [0.15, 0.2) is 42.5 Å². The van der Waals surface area contributed by atoms with Crippen LogP contribution in [0.25, 0.3) is 0 Å². The second-order valence-electron chi connectivity index (χ2n) is 3.92. The fourth-order valence-electron chi connectivity index (χ4n) is 1.90. The molecule has 0 aromatic heterocycles. The fraction of sp³-hybridized carbons (Fsp3) is 0.143. The highest BCUT2D eigenvalue weighted by Gasteiger charge is 2.17. The van der Waals surface area contributed by atoms with Crippen LogP contribution in [0.5, 0.6) is 0 Å². The molecule has 94 valence electrons. The van der Waals surface area contributed by atoms with E-state index in [1.165, 1.54) is 12.1 Å². The van der Waals surface area contributed by atoms with Crippen LogP contribution in [0.4, 0.5) is 13.2 Å². The number of hydrogen-bond acceptors (Lipinski definition) is 1. The Morgan fingerprint density at radius 3 is 2.22 bits per heavy atom. The first-order valence-electron chi connectivity index (χ1n) is 5.50. The molecule has 0 bridgehead atoms. The van der Waals surface area contributed by atoms with Crippen molar-refractivity contribution in [2.75, 3.05) is 7.05 Å². The molecule has 0 aliphatic rings. The van der Waals surface area contributed by atoms with Gasteiger partial charge in [-0.2, -0.15) is 0 Å². The third kappa shape index (κ3) is 2.38. The van der Waals surface area contributed by atoms with Crippen molar-refractivity contribution in [1.29, 1.82) is 0 Å². The summed E-state index contributed by atoms with van der Waals surface area (Å²) >= 11 is 0. The van der Waals surface area contributed by atoms with Gasteiger partial charge in [0.25, 0.3) is 0 Å². The summed E-state index contributed by atoms with van der Waals surface area (Å²) in [5, 5.41) is 2.89. The van der Waals surface area contributed by atoms with Gasteiger partial charge < -0.3 is 5.32 Å². The largest absolute Gasteiger partial charge is 0.309 e. The Balaban J connectivity index is 2.45. The maximum Gasteiger partial charge on any atom is 0.159 e. The quantitative estimate of drug-likeness (QED) is 0.881. The Morgan fingerprint density at radius 2 is 1.61 bits per heavy atom. The van der Waals surface area contributed by atoms with Crippen LogP contribution >= 0.6 is 0 Å². The van der Waals surface area contributed by atoms with E-state index in [9.17, 15) is 13.2 Å². The molecule has 0 fully saturated rings. The van der Waals surface area contributed by atoms with E-state index in [0.717, 1.165) is 12.1 Å². The molecular weight excluding hydrogens is 239 g/mol. The Morgan fingerprint density at radius 1 is 0.889 bits per heavy atom. The molecule has 0 amide bonds. The molecular formula is C14H12F3N. The average molecular weight is 251 g/mol. The first-order valence-corrected chi connectivity index (χ1v) is 5.50. The maximum absolute atomic E-state index is 13.7. The summed E-state index contributed by atoms with van der Waals surface area (Å²) in [6, 6.07) is 9.25. The molecule has 18 heavy (non-hydrogen) atoms. The molecule has 2 aromatic carbocycles. The summed E-state index contributed by atoms with van der Waals surface area (Å²) in [4.78, 5) is 0. The van der Waals surface area contributed by atoms with Gasteiger partial charge in [-0.15, -0.1) is 0 Å². The molecule has 1 N–H and O–H groups in total. The highest BCUT2D eigenvalue weighted by atomic mass is 19.2. The van der Waals surface area contributed by atoms with E-state index in [0.29, 0.717) is 11.1 Å². The van der Waals surface area contributed by atoms with E-state index >= 15 is 0 Å². The van der Waals surface area contributed by atoms with Gasteiger partial charge in [-0.05, 0) is 30.8 Å². The number of hydrogen-bond donors (Lipinski definition) is 1. The summed E-state index contributed by atoms with van der Waals surface area (Å²) in [6.07, 6.45) is 0. The third-order valence-corrected chi connectivity index (χ3v) is 2.78. The number of halogens is 3. The molecule has 2 rings (SSSR count). The van der Waals surface area contributed by atoms with Gasteiger partial charge in [-0.3, -0.25) is 0 Å². The number of rotatable bonds is 3. The van der Waals surface area contributed by atoms with Crippen molar-refractivity contribution in [1.82, 2.24) is 5.32 Å². The molecule has 2 aromatic rings. The Labute approximate surface area is 103 Å². The van der Waals surface area contributed by atoms with E-state index in [-0.39, 0.29) is 5.82 Å². The van der Waals surface area contributed by atoms with Crippen LogP contribution in [-0.4, -0.2) is 7.05 Å². The van der Waals surface area contributed by atoms with E-state index < -0.39 is 17.7 Å². The first-order chi connectivity index (χ1) is 8.63. The van der Waals surface area contributed by atoms with Gasteiger partial charge in [0.05, 0.1) is 6.04 Å². The Kier molecular flexibility index (Phi) is 3.67. The molecule has 4 heteroatoms. The second kappa shape index (κ2) is 5.23. The summed E-state index contributed by atoms with van der Waals surface area (Å²) in [7, 11) is 1.64. The van der Waals surface area contributed by atoms with E-state index in [4.69, 9.17) is 0 Å². The van der Waals surface area contributed by atoms with Crippen LogP contribution in [-0.2, 0) is 0 Å². The second-order valence-corrected chi connectivity index (χ2v) is 3.92. The SMILES string of the molecule is CNC(c1ccc(F)c(F)c1)c1ccccc1F. The van der Waals surface area contributed by atoms with Crippen LogP contribution in [0, 0.1) is 17.5 Å². The zero-order valence-corrected chi connectivity index (χ0v) is 9.75. The van der Waals surface area contributed by atoms with Crippen molar-refractivity contribution in [3.05, 3.63) is 71.0 Å². The lowest BCUT2D eigenvalue weighted by Crippen LogP contribution is -2.19. The van der Waals surface area contributed by atoms with Gasteiger partial charge in [0.15, 0.2) is 11.6 Å². The maximum atomic E-state index is 13.7. The number of nitrogens with one attached hydrogen (secondary N) is 1. The highest BCUT2D eigenvalue weighted by Crippen LogP contribution is 2.25. The monoisotopic (exact) mass is 251 g/mol. The van der Waals surface area contributed by atoms with Gasteiger partial charge in [0.2, 0.25) is 0 Å². The van der Waals surface area contributed by atoms with Crippen molar-refractivity contribution < 1.29 is 13.2 Å². The van der Waals surface area contributed by atoms with Crippen molar-refractivity contribution in [2.24, 2.45) is 0 Å². The van der Waals surface area contributed by atoms with Gasteiger partial charge in [-0.25, -0.2) is 13.2 Å². The van der Waals surface area contributed by atoms with E-state index in [1.807, 2.05) is 0 Å². The summed E-state index contributed by atoms with van der Waals surface area (Å²) in [5.41, 5.74) is 0.868. The van der Waals surface area contributed by atoms with Crippen LogP contribution in [0.2, 0.25) is 0 Å². The summed E-state index contributed by atoms with van der Waals surface area (Å²) in [6.45, 7) is 0. The van der Waals surface area contributed by atoms with Crippen molar-refractivity contribution in [3.8, 4) is 0 Å². The molecule has 0 heterocycles. The van der Waals surface area contributed by atoms with E-state index in [1.54, 1.807) is 25.2 Å². The van der Waals surface area contributed by atoms with Gasteiger partial charge in [-0.1, -0.05) is 24.3 Å². The lowest BCUT2D eigenvalue weighted by atomic mass is 9.98. The molecule has 0 saturated heterocycles. The number of benzene rings is 2. The first kappa shape index (κ1) is 12.6.